The van der Waals surface area contributed by atoms with Crippen molar-refractivity contribution in [1.82, 2.24) is 5.43 Å². The maximum atomic E-state index is 11.7. The minimum atomic E-state index is -0.134. The van der Waals surface area contributed by atoms with Gasteiger partial charge in [-0.05, 0) is 49.4 Å². The van der Waals surface area contributed by atoms with Crippen LogP contribution in [0.2, 0.25) is 5.02 Å². The van der Waals surface area contributed by atoms with Crippen LogP contribution in [0.25, 0.3) is 0 Å². The number of hydrogen-bond donors (Lipinski definition) is 2. The summed E-state index contributed by atoms with van der Waals surface area (Å²) in [6, 6.07) is 7.24. The molecule has 1 amide bonds. The van der Waals surface area contributed by atoms with Crippen molar-refractivity contribution in [2.75, 3.05) is 11.9 Å². The first-order chi connectivity index (χ1) is 9.65. The number of benzene rings is 1. The summed E-state index contributed by atoms with van der Waals surface area (Å²) in [5, 5.41) is 7.96. The van der Waals surface area contributed by atoms with Gasteiger partial charge in [-0.1, -0.05) is 24.9 Å². The number of halogens is 1. The predicted molar refractivity (Wildman–Crippen MR) is 83.2 cm³/mol. The number of nitrogens with one attached hydrogen (secondary N) is 2. The molecule has 1 saturated carbocycles. The van der Waals surface area contributed by atoms with Crippen LogP contribution in [0, 0.1) is 5.92 Å². The van der Waals surface area contributed by atoms with Crippen molar-refractivity contribution < 1.29 is 4.79 Å². The van der Waals surface area contributed by atoms with Crippen molar-refractivity contribution in [1.29, 1.82) is 0 Å². The molecule has 0 saturated heterocycles. The van der Waals surface area contributed by atoms with Gasteiger partial charge in [0, 0.05) is 16.4 Å². The van der Waals surface area contributed by atoms with Gasteiger partial charge in [-0.2, -0.15) is 5.10 Å². The van der Waals surface area contributed by atoms with E-state index < -0.39 is 0 Å². The Morgan fingerprint density at radius 2 is 2.10 bits per heavy atom. The molecule has 1 aliphatic carbocycles. The predicted octanol–water partition coefficient (Wildman–Crippen LogP) is 3.43. The summed E-state index contributed by atoms with van der Waals surface area (Å²) in [5.41, 5.74) is 4.60. The van der Waals surface area contributed by atoms with Crippen LogP contribution in [0.4, 0.5) is 5.69 Å². The van der Waals surface area contributed by atoms with Gasteiger partial charge < -0.3 is 5.32 Å². The van der Waals surface area contributed by atoms with Crippen LogP contribution in [0.3, 0.4) is 0 Å². The van der Waals surface area contributed by atoms with Crippen LogP contribution in [-0.2, 0) is 4.79 Å². The lowest BCUT2D eigenvalue weighted by Gasteiger charge is -2.19. The van der Waals surface area contributed by atoms with Crippen LogP contribution in [0.15, 0.2) is 29.4 Å². The summed E-state index contributed by atoms with van der Waals surface area (Å²) >= 11 is 5.80. The lowest BCUT2D eigenvalue weighted by atomic mass is 9.89. The highest BCUT2D eigenvalue weighted by molar-refractivity contribution is 6.30. The van der Waals surface area contributed by atoms with E-state index in [0.29, 0.717) is 10.9 Å². The molecule has 1 atom stereocenters. The number of carbonyl (C=O) groups is 1. The Hall–Kier alpha value is -1.55. The molecule has 0 bridgehead atoms. The van der Waals surface area contributed by atoms with Crippen LogP contribution in [0.1, 0.15) is 32.6 Å². The molecule has 2 rings (SSSR count). The highest BCUT2D eigenvalue weighted by Crippen LogP contribution is 2.20. The largest absolute Gasteiger partial charge is 0.376 e. The molecule has 0 heterocycles. The molecule has 0 spiro atoms. The monoisotopic (exact) mass is 293 g/mol. The van der Waals surface area contributed by atoms with E-state index in [1.807, 2.05) is 12.1 Å². The SMILES string of the molecule is C[C@H]1CCCC/C1=N\NC(=O)CNc1ccc(Cl)cc1. The van der Waals surface area contributed by atoms with E-state index in [9.17, 15) is 4.79 Å². The van der Waals surface area contributed by atoms with E-state index >= 15 is 0 Å². The molecule has 1 aliphatic rings. The molecule has 5 heteroatoms. The fraction of sp³-hybridized carbons (Fsp3) is 0.467. The summed E-state index contributed by atoms with van der Waals surface area (Å²) in [5.74, 6) is 0.346. The smallest absolute Gasteiger partial charge is 0.259 e. The van der Waals surface area contributed by atoms with Gasteiger partial charge in [0.2, 0.25) is 0 Å². The van der Waals surface area contributed by atoms with Gasteiger partial charge in [-0.15, -0.1) is 0 Å². The van der Waals surface area contributed by atoms with Crippen LogP contribution in [-0.4, -0.2) is 18.2 Å². The van der Waals surface area contributed by atoms with Gasteiger partial charge in [0.1, 0.15) is 0 Å². The first-order valence-electron chi connectivity index (χ1n) is 7.00. The third-order valence-corrected chi connectivity index (χ3v) is 3.76. The van der Waals surface area contributed by atoms with Crippen molar-refractivity contribution in [3.63, 3.8) is 0 Å². The number of anilines is 1. The topological polar surface area (TPSA) is 53.5 Å². The van der Waals surface area contributed by atoms with Crippen molar-refractivity contribution in [2.45, 2.75) is 32.6 Å². The number of hydrogen-bond acceptors (Lipinski definition) is 3. The number of rotatable bonds is 4. The standard InChI is InChI=1S/C15H20ClN3O/c1-11-4-2-3-5-14(11)18-19-15(20)10-17-13-8-6-12(16)7-9-13/h6-9,11,17H,2-5,10H2,1H3,(H,19,20)/b18-14+/t11-/m0/s1. The van der Waals surface area contributed by atoms with Gasteiger partial charge in [0.25, 0.3) is 5.91 Å². The zero-order valence-electron chi connectivity index (χ0n) is 11.7. The molecule has 1 aromatic rings. The van der Waals surface area contributed by atoms with Crippen LogP contribution < -0.4 is 10.7 Å². The second kappa shape index (κ2) is 7.29. The maximum absolute atomic E-state index is 11.7. The Balaban J connectivity index is 1.77. The van der Waals surface area contributed by atoms with Crippen molar-refractivity contribution in [2.24, 2.45) is 11.0 Å². The first kappa shape index (κ1) is 14.9. The van der Waals surface area contributed by atoms with Gasteiger partial charge in [-0.3, -0.25) is 4.79 Å². The average molecular weight is 294 g/mol. The van der Waals surface area contributed by atoms with E-state index in [0.717, 1.165) is 24.2 Å². The highest BCUT2D eigenvalue weighted by atomic mass is 35.5. The van der Waals surface area contributed by atoms with Crippen molar-refractivity contribution in [3.05, 3.63) is 29.3 Å². The molecule has 0 aliphatic heterocycles. The second-order valence-corrected chi connectivity index (χ2v) is 5.58. The molecule has 0 radical (unpaired) electrons. The molecular weight excluding hydrogens is 274 g/mol. The number of hydrazone groups is 1. The summed E-state index contributed by atoms with van der Waals surface area (Å²) in [7, 11) is 0. The Labute approximate surface area is 124 Å². The molecule has 1 fully saturated rings. The van der Waals surface area contributed by atoms with Gasteiger partial charge in [0.15, 0.2) is 0 Å². The first-order valence-corrected chi connectivity index (χ1v) is 7.37. The van der Waals surface area contributed by atoms with Crippen LogP contribution >= 0.6 is 11.6 Å². The molecule has 4 nitrogen and oxygen atoms in total. The average Bonchev–Trinajstić information content (AvgIpc) is 2.46. The quantitative estimate of drug-likeness (QED) is 0.836. The van der Waals surface area contributed by atoms with Crippen LogP contribution in [0.5, 0.6) is 0 Å². The Morgan fingerprint density at radius 1 is 1.35 bits per heavy atom. The lowest BCUT2D eigenvalue weighted by molar-refractivity contribution is -0.119. The number of nitrogens with zero attached hydrogens (tertiary/aromatic N) is 1. The second-order valence-electron chi connectivity index (χ2n) is 5.15. The summed E-state index contributed by atoms with van der Waals surface area (Å²) in [6.07, 6.45) is 4.58. The summed E-state index contributed by atoms with van der Waals surface area (Å²) < 4.78 is 0. The zero-order chi connectivity index (χ0) is 14.4. The molecule has 2 N–H and O–H groups in total. The lowest BCUT2D eigenvalue weighted by Crippen LogP contribution is -2.28. The van der Waals surface area contributed by atoms with E-state index in [1.54, 1.807) is 12.1 Å². The Kier molecular flexibility index (Phi) is 5.41. The number of carbonyl (C=O) groups excluding carboxylic acids is 1. The number of amides is 1. The fourth-order valence-corrected chi connectivity index (χ4v) is 2.39. The normalized spacial score (nSPS) is 20.7. The van der Waals surface area contributed by atoms with Gasteiger partial charge >= 0.3 is 0 Å². The van der Waals surface area contributed by atoms with E-state index in [2.05, 4.69) is 22.8 Å². The van der Waals surface area contributed by atoms with E-state index in [-0.39, 0.29) is 12.5 Å². The van der Waals surface area contributed by atoms with Crippen molar-refractivity contribution >= 4 is 28.9 Å². The van der Waals surface area contributed by atoms with Gasteiger partial charge in [-0.25, -0.2) is 5.43 Å². The van der Waals surface area contributed by atoms with E-state index in [4.69, 9.17) is 11.6 Å². The molecule has 1 aromatic carbocycles. The maximum Gasteiger partial charge on any atom is 0.259 e. The molecule has 0 aromatic heterocycles. The molecular formula is C15H20ClN3O. The fourth-order valence-electron chi connectivity index (χ4n) is 2.26. The third-order valence-electron chi connectivity index (χ3n) is 3.51. The minimum Gasteiger partial charge on any atom is -0.376 e. The van der Waals surface area contributed by atoms with E-state index in [1.165, 1.54) is 12.8 Å². The summed E-state index contributed by atoms with van der Waals surface area (Å²) in [6.45, 7) is 2.36. The van der Waals surface area contributed by atoms with Crippen molar-refractivity contribution in [3.8, 4) is 0 Å². The Bertz CT molecular complexity index is 484. The van der Waals surface area contributed by atoms with Gasteiger partial charge in [0.05, 0.1) is 6.54 Å². The molecule has 0 unspecified atom stereocenters. The highest BCUT2D eigenvalue weighted by Gasteiger charge is 2.15. The summed E-state index contributed by atoms with van der Waals surface area (Å²) in [4.78, 5) is 11.7. The third kappa shape index (κ3) is 4.53. The Morgan fingerprint density at radius 3 is 2.80 bits per heavy atom. The zero-order valence-corrected chi connectivity index (χ0v) is 12.4. The molecule has 20 heavy (non-hydrogen) atoms. The minimum absolute atomic E-state index is 0.134. The molecule has 108 valence electrons.